The molecule has 0 radical (unpaired) electrons. The highest BCUT2D eigenvalue weighted by molar-refractivity contribution is 5.98. The molecule has 0 aliphatic carbocycles. The van der Waals surface area contributed by atoms with Crippen LogP contribution in [0.1, 0.15) is 33.9 Å². The number of nitrogens with two attached hydrogens (primary N) is 1. The van der Waals surface area contributed by atoms with Crippen molar-refractivity contribution < 1.29 is 19.2 Å². The van der Waals surface area contributed by atoms with Crippen LogP contribution in [-0.2, 0) is 20.8 Å². The van der Waals surface area contributed by atoms with Gasteiger partial charge < -0.3 is 21.7 Å². The normalized spacial score (nSPS) is 12.1. The van der Waals surface area contributed by atoms with Crippen LogP contribution in [0.5, 0.6) is 0 Å². The SMILES string of the molecule is NC(=O)C[C@H](NC(=O)CNC(=O)C(Cc1ccccc1)NC(=O)c1ccccc1)c1ccccc1. The molecular formula is C27H28N4O4. The number of hydrogen-bond acceptors (Lipinski definition) is 4. The van der Waals surface area contributed by atoms with Crippen LogP contribution in [0.3, 0.4) is 0 Å². The molecule has 0 fully saturated rings. The molecule has 3 aromatic rings. The minimum Gasteiger partial charge on any atom is -0.370 e. The highest BCUT2D eigenvalue weighted by atomic mass is 16.2. The van der Waals surface area contributed by atoms with Gasteiger partial charge in [0, 0.05) is 12.0 Å². The van der Waals surface area contributed by atoms with Crippen molar-refractivity contribution in [2.24, 2.45) is 5.73 Å². The molecule has 2 atom stereocenters. The summed E-state index contributed by atoms with van der Waals surface area (Å²) in [6, 6.07) is 25.3. The van der Waals surface area contributed by atoms with Gasteiger partial charge in [0.25, 0.3) is 5.91 Å². The third kappa shape index (κ3) is 8.12. The summed E-state index contributed by atoms with van der Waals surface area (Å²) in [5.74, 6) is -1.94. The van der Waals surface area contributed by atoms with E-state index in [0.717, 1.165) is 11.1 Å². The molecule has 0 saturated heterocycles. The fourth-order valence-electron chi connectivity index (χ4n) is 3.56. The molecule has 0 heterocycles. The molecule has 0 saturated carbocycles. The lowest BCUT2D eigenvalue weighted by atomic mass is 10.0. The van der Waals surface area contributed by atoms with Gasteiger partial charge in [-0.25, -0.2) is 0 Å². The summed E-state index contributed by atoms with van der Waals surface area (Å²) < 4.78 is 0. The van der Waals surface area contributed by atoms with E-state index in [1.165, 1.54) is 0 Å². The van der Waals surface area contributed by atoms with E-state index in [2.05, 4.69) is 16.0 Å². The first kappa shape index (κ1) is 25.2. The third-order valence-corrected chi connectivity index (χ3v) is 5.31. The summed E-state index contributed by atoms with van der Waals surface area (Å²) in [7, 11) is 0. The van der Waals surface area contributed by atoms with Gasteiger partial charge in [-0.2, -0.15) is 0 Å². The van der Waals surface area contributed by atoms with Gasteiger partial charge in [-0.15, -0.1) is 0 Å². The molecule has 5 N–H and O–H groups in total. The monoisotopic (exact) mass is 472 g/mol. The quantitative estimate of drug-likeness (QED) is 0.339. The second-order valence-electron chi connectivity index (χ2n) is 8.00. The second-order valence-corrected chi connectivity index (χ2v) is 8.00. The summed E-state index contributed by atoms with van der Waals surface area (Å²) in [6.45, 7) is -0.326. The Kier molecular flexibility index (Phi) is 9.13. The summed E-state index contributed by atoms with van der Waals surface area (Å²) in [4.78, 5) is 49.7. The number of hydrogen-bond donors (Lipinski definition) is 4. The van der Waals surface area contributed by atoms with Crippen LogP contribution in [0.4, 0.5) is 0 Å². The van der Waals surface area contributed by atoms with Gasteiger partial charge in [-0.3, -0.25) is 19.2 Å². The number of carbonyl (C=O) groups is 4. The van der Waals surface area contributed by atoms with Crippen molar-refractivity contribution in [3.05, 3.63) is 108 Å². The summed E-state index contributed by atoms with van der Waals surface area (Å²) >= 11 is 0. The van der Waals surface area contributed by atoms with Crippen LogP contribution in [0.25, 0.3) is 0 Å². The van der Waals surface area contributed by atoms with Gasteiger partial charge in [0.05, 0.1) is 19.0 Å². The Labute approximate surface area is 203 Å². The van der Waals surface area contributed by atoms with Crippen molar-refractivity contribution in [3.8, 4) is 0 Å². The average Bonchev–Trinajstić information content (AvgIpc) is 2.88. The lowest BCUT2D eigenvalue weighted by Gasteiger charge is -2.20. The average molecular weight is 473 g/mol. The largest absolute Gasteiger partial charge is 0.370 e. The summed E-state index contributed by atoms with van der Waals surface area (Å²) in [6.07, 6.45) is 0.175. The predicted molar refractivity (Wildman–Crippen MR) is 132 cm³/mol. The molecule has 3 aromatic carbocycles. The molecule has 4 amide bonds. The Balaban J connectivity index is 1.65. The standard InChI is InChI=1S/C27H28N4O4/c28-24(32)17-22(20-12-6-2-7-13-20)30-25(33)18-29-27(35)23(16-19-10-4-1-5-11-19)31-26(34)21-14-8-3-9-15-21/h1-15,22-23H,16-18H2,(H2,28,32)(H,29,35)(H,30,33)(H,31,34)/t22-,23?/m0/s1. The Bertz CT molecular complexity index is 1140. The number of nitrogens with one attached hydrogen (secondary N) is 3. The predicted octanol–water partition coefficient (Wildman–Crippen LogP) is 1.88. The number of benzene rings is 3. The number of primary amides is 1. The van der Waals surface area contributed by atoms with Crippen LogP contribution < -0.4 is 21.7 Å². The Morgan fingerprint density at radius 1 is 0.743 bits per heavy atom. The topological polar surface area (TPSA) is 130 Å². The summed E-state index contributed by atoms with van der Waals surface area (Å²) in [5, 5.41) is 8.08. The molecule has 180 valence electrons. The zero-order valence-electron chi connectivity index (χ0n) is 19.1. The zero-order chi connectivity index (χ0) is 25.0. The highest BCUT2D eigenvalue weighted by Crippen LogP contribution is 2.16. The molecule has 0 spiro atoms. The fraction of sp³-hybridized carbons (Fsp3) is 0.185. The van der Waals surface area contributed by atoms with Crippen molar-refractivity contribution in [3.63, 3.8) is 0 Å². The van der Waals surface area contributed by atoms with E-state index >= 15 is 0 Å². The van der Waals surface area contributed by atoms with E-state index < -0.39 is 35.7 Å². The van der Waals surface area contributed by atoms with Gasteiger partial charge in [0.2, 0.25) is 17.7 Å². The van der Waals surface area contributed by atoms with E-state index in [1.807, 2.05) is 36.4 Å². The van der Waals surface area contributed by atoms with Gasteiger partial charge in [0.1, 0.15) is 6.04 Å². The van der Waals surface area contributed by atoms with Gasteiger partial charge in [-0.05, 0) is 23.3 Å². The molecule has 0 aliphatic rings. The maximum atomic E-state index is 13.0. The van der Waals surface area contributed by atoms with Crippen LogP contribution in [-0.4, -0.2) is 36.2 Å². The molecule has 0 bridgehead atoms. The summed E-state index contributed by atoms with van der Waals surface area (Å²) in [5.41, 5.74) is 7.34. The van der Waals surface area contributed by atoms with E-state index in [1.54, 1.807) is 54.6 Å². The smallest absolute Gasteiger partial charge is 0.251 e. The molecule has 1 unspecified atom stereocenters. The van der Waals surface area contributed by atoms with E-state index in [-0.39, 0.29) is 19.4 Å². The van der Waals surface area contributed by atoms with Crippen molar-refractivity contribution in [1.82, 2.24) is 16.0 Å². The Morgan fingerprint density at radius 3 is 1.91 bits per heavy atom. The molecule has 0 aliphatic heterocycles. The number of amides is 4. The second kappa shape index (κ2) is 12.7. The van der Waals surface area contributed by atoms with E-state index in [9.17, 15) is 19.2 Å². The zero-order valence-corrected chi connectivity index (χ0v) is 19.1. The molecule has 35 heavy (non-hydrogen) atoms. The first-order valence-electron chi connectivity index (χ1n) is 11.2. The van der Waals surface area contributed by atoms with Crippen molar-refractivity contribution >= 4 is 23.6 Å². The van der Waals surface area contributed by atoms with Crippen LogP contribution in [0.2, 0.25) is 0 Å². The molecule has 0 aromatic heterocycles. The third-order valence-electron chi connectivity index (χ3n) is 5.31. The first-order valence-corrected chi connectivity index (χ1v) is 11.2. The highest BCUT2D eigenvalue weighted by Gasteiger charge is 2.23. The van der Waals surface area contributed by atoms with Crippen molar-refractivity contribution in [2.45, 2.75) is 24.9 Å². The lowest BCUT2D eigenvalue weighted by molar-refractivity contribution is -0.127. The number of carbonyl (C=O) groups excluding carboxylic acids is 4. The molecule has 8 nitrogen and oxygen atoms in total. The van der Waals surface area contributed by atoms with E-state index in [4.69, 9.17) is 5.73 Å². The van der Waals surface area contributed by atoms with Crippen molar-refractivity contribution in [1.29, 1.82) is 0 Å². The molecule has 8 heteroatoms. The van der Waals surface area contributed by atoms with Crippen LogP contribution in [0, 0.1) is 0 Å². The fourth-order valence-corrected chi connectivity index (χ4v) is 3.56. The maximum absolute atomic E-state index is 13.0. The van der Waals surface area contributed by atoms with Gasteiger partial charge >= 0.3 is 0 Å². The lowest BCUT2D eigenvalue weighted by Crippen LogP contribution is -2.50. The number of rotatable bonds is 11. The minimum absolute atomic E-state index is 0.0759. The van der Waals surface area contributed by atoms with E-state index in [0.29, 0.717) is 5.56 Å². The minimum atomic E-state index is -0.895. The Hall–Kier alpha value is -4.46. The molecular weight excluding hydrogens is 444 g/mol. The maximum Gasteiger partial charge on any atom is 0.251 e. The van der Waals surface area contributed by atoms with Gasteiger partial charge in [-0.1, -0.05) is 78.9 Å². The van der Waals surface area contributed by atoms with Crippen molar-refractivity contribution in [2.75, 3.05) is 6.54 Å². The molecule has 3 rings (SSSR count). The Morgan fingerprint density at radius 2 is 1.31 bits per heavy atom. The van der Waals surface area contributed by atoms with Gasteiger partial charge in [0.15, 0.2) is 0 Å². The van der Waals surface area contributed by atoms with Crippen LogP contribution in [0.15, 0.2) is 91.0 Å². The van der Waals surface area contributed by atoms with Crippen LogP contribution >= 0.6 is 0 Å². The first-order chi connectivity index (χ1) is 16.9.